The quantitative estimate of drug-likeness (QED) is 0.397. The van der Waals surface area contributed by atoms with Crippen LogP contribution in [-0.4, -0.2) is 127 Å². The maximum absolute atomic E-state index is 14.0. The zero-order chi connectivity index (χ0) is 33.4. The first-order valence-electron chi connectivity index (χ1n) is 15.7. The summed E-state index contributed by atoms with van der Waals surface area (Å²) >= 11 is 7.90. The van der Waals surface area contributed by atoms with Crippen molar-refractivity contribution in [1.82, 2.24) is 29.9 Å². The molecule has 2 aromatic rings. The second kappa shape index (κ2) is 13.9. The SMILES string of the molecule is COC(=O)C1=C(CN2CCN3C(=O)N([C@H]4C[C@H](C(=O)OC)N(CC(C)C)C4)CC3C2)NC(c2nccs2)=NC1c1ccc(F)cc1Cl. The smallest absolute Gasteiger partial charge is 0.338 e. The van der Waals surface area contributed by atoms with Gasteiger partial charge < -0.3 is 24.6 Å². The molecular formula is C32H39ClFN7O5S. The number of fused-ring (bicyclic) bond motifs is 1. The second-order valence-corrected chi connectivity index (χ2v) is 14.0. The summed E-state index contributed by atoms with van der Waals surface area (Å²) in [6.07, 6.45) is 2.21. The van der Waals surface area contributed by atoms with E-state index in [0.29, 0.717) is 73.7 Å². The Balaban J connectivity index is 1.23. The van der Waals surface area contributed by atoms with Crippen molar-refractivity contribution >= 4 is 46.7 Å². The van der Waals surface area contributed by atoms with Crippen LogP contribution in [0.1, 0.15) is 36.9 Å². The van der Waals surface area contributed by atoms with Crippen molar-refractivity contribution in [3.05, 3.63) is 62.5 Å². The fourth-order valence-corrected chi connectivity index (χ4v) is 7.95. The number of ether oxygens (including phenoxy) is 2. The van der Waals surface area contributed by atoms with E-state index < -0.39 is 17.8 Å². The van der Waals surface area contributed by atoms with E-state index in [1.54, 1.807) is 6.20 Å². The van der Waals surface area contributed by atoms with Gasteiger partial charge in [0, 0.05) is 79.7 Å². The van der Waals surface area contributed by atoms with E-state index in [2.05, 4.69) is 33.9 Å². The normalized spacial score (nSPS) is 25.3. The van der Waals surface area contributed by atoms with Crippen LogP contribution in [0.2, 0.25) is 5.02 Å². The van der Waals surface area contributed by atoms with E-state index in [1.165, 1.54) is 43.8 Å². The molecule has 47 heavy (non-hydrogen) atoms. The predicted molar refractivity (Wildman–Crippen MR) is 175 cm³/mol. The number of amides is 2. The number of urea groups is 1. The van der Waals surface area contributed by atoms with Crippen LogP contribution in [0.3, 0.4) is 0 Å². The molecule has 15 heteroatoms. The lowest BCUT2D eigenvalue weighted by Gasteiger charge is -2.38. The zero-order valence-corrected chi connectivity index (χ0v) is 28.4. The summed E-state index contributed by atoms with van der Waals surface area (Å²) in [4.78, 5) is 57.0. The maximum atomic E-state index is 14.0. The molecule has 5 heterocycles. The lowest BCUT2D eigenvalue weighted by molar-refractivity contribution is -0.146. The third-order valence-corrected chi connectivity index (χ3v) is 10.3. The third-order valence-electron chi connectivity index (χ3n) is 9.17. The van der Waals surface area contributed by atoms with Gasteiger partial charge in [-0.3, -0.25) is 19.6 Å². The fraction of sp³-hybridized carbons (Fsp3) is 0.531. The van der Waals surface area contributed by atoms with Gasteiger partial charge >= 0.3 is 18.0 Å². The Morgan fingerprint density at radius 2 is 1.94 bits per heavy atom. The molecule has 1 N–H and O–H groups in total. The minimum absolute atomic E-state index is 0.0101. The molecule has 0 radical (unpaired) electrons. The van der Waals surface area contributed by atoms with E-state index in [9.17, 15) is 18.8 Å². The van der Waals surface area contributed by atoms with Crippen molar-refractivity contribution < 1.29 is 28.2 Å². The van der Waals surface area contributed by atoms with Crippen LogP contribution in [-0.2, 0) is 19.1 Å². The monoisotopic (exact) mass is 687 g/mol. The Morgan fingerprint density at radius 1 is 1.13 bits per heavy atom. The number of benzene rings is 1. The highest BCUT2D eigenvalue weighted by Gasteiger charge is 2.48. The number of hydrogen-bond acceptors (Lipinski definition) is 11. The van der Waals surface area contributed by atoms with Crippen LogP contribution in [0.4, 0.5) is 9.18 Å². The number of methoxy groups -OCH3 is 2. The molecule has 252 valence electrons. The molecule has 0 bridgehead atoms. The molecular weight excluding hydrogens is 649 g/mol. The van der Waals surface area contributed by atoms with Gasteiger partial charge in [-0.2, -0.15) is 0 Å². The number of aliphatic imine (C=N–C) groups is 1. The molecule has 2 unspecified atom stereocenters. The molecule has 1 aromatic heterocycles. The van der Waals surface area contributed by atoms with Crippen molar-refractivity contribution in [2.45, 2.75) is 44.4 Å². The molecule has 12 nitrogen and oxygen atoms in total. The van der Waals surface area contributed by atoms with E-state index in [4.69, 9.17) is 26.1 Å². The van der Waals surface area contributed by atoms with Gasteiger partial charge in [-0.15, -0.1) is 11.3 Å². The number of carbonyl (C=O) groups excluding carboxylic acids is 3. The first kappa shape index (κ1) is 33.3. The molecule has 4 aliphatic rings. The van der Waals surface area contributed by atoms with Gasteiger partial charge in [-0.05, 0) is 24.5 Å². The lowest BCUT2D eigenvalue weighted by atomic mass is 9.95. The number of halogens is 2. The molecule has 0 saturated carbocycles. The molecule has 2 amide bonds. The summed E-state index contributed by atoms with van der Waals surface area (Å²) in [5, 5.41) is 5.95. The summed E-state index contributed by atoms with van der Waals surface area (Å²) in [5.41, 5.74) is 1.33. The van der Waals surface area contributed by atoms with Crippen LogP contribution in [0.15, 0.2) is 46.0 Å². The average Bonchev–Trinajstić information content (AvgIpc) is 3.79. The molecule has 3 fully saturated rings. The number of nitrogens with one attached hydrogen (secondary N) is 1. The third kappa shape index (κ3) is 6.73. The van der Waals surface area contributed by atoms with Crippen LogP contribution >= 0.6 is 22.9 Å². The van der Waals surface area contributed by atoms with Crippen molar-refractivity contribution in [3.63, 3.8) is 0 Å². The summed E-state index contributed by atoms with van der Waals surface area (Å²) in [6.45, 7) is 8.17. The van der Waals surface area contributed by atoms with Crippen LogP contribution in [0.5, 0.6) is 0 Å². The fourth-order valence-electron chi connectivity index (χ4n) is 7.10. The van der Waals surface area contributed by atoms with E-state index in [0.717, 1.165) is 6.54 Å². The van der Waals surface area contributed by atoms with Gasteiger partial charge in [0.15, 0.2) is 10.8 Å². The Labute approximate surface area is 282 Å². The summed E-state index contributed by atoms with van der Waals surface area (Å²) < 4.78 is 24.3. The van der Waals surface area contributed by atoms with Gasteiger partial charge in [0.25, 0.3) is 0 Å². The van der Waals surface area contributed by atoms with Crippen molar-refractivity contribution in [3.8, 4) is 0 Å². The predicted octanol–water partition coefficient (Wildman–Crippen LogP) is 3.15. The van der Waals surface area contributed by atoms with Crippen molar-refractivity contribution in [2.24, 2.45) is 10.9 Å². The lowest BCUT2D eigenvalue weighted by Crippen LogP contribution is -2.53. The highest BCUT2D eigenvalue weighted by Crippen LogP contribution is 2.37. The standard InChI is InChI=1S/C32H39ClFN7O5S/c1-18(2)13-39-15-20(12-25(39)30(42)45-3)41-16-21-14-38(8-9-40(21)32(41)44)17-24-26(31(43)46-4)27(22-6-5-19(34)11-23(22)33)37-28(36-24)29-35-7-10-47-29/h5-7,10-11,18,20-21,25,27H,8-9,12-17H2,1-4H3,(H,36,37)/t20-,21?,25+,27?/m0/s1. The molecule has 4 aliphatic heterocycles. The number of likely N-dealkylation sites (tertiary alicyclic amines) is 1. The first-order chi connectivity index (χ1) is 22.6. The minimum atomic E-state index is -0.852. The van der Waals surface area contributed by atoms with Gasteiger partial charge in [0.1, 0.15) is 17.9 Å². The number of carbonyl (C=O) groups is 3. The number of amidine groups is 1. The molecule has 0 spiro atoms. The number of thiazole rings is 1. The molecule has 1 aromatic carbocycles. The minimum Gasteiger partial charge on any atom is -0.468 e. The zero-order valence-electron chi connectivity index (χ0n) is 26.8. The van der Waals surface area contributed by atoms with Gasteiger partial charge in [-0.1, -0.05) is 31.5 Å². The highest BCUT2D eigenvalue weighted by molar-refractivity contribution is 7.11. The van der Waals surface area contributed by atoms with E-state index >= 15 is 0 Å². The van der Waals surface area contributed by atoms with Crippen LogP contribution in [0.25, 0.3) is 0 Å². The van der Waals surface area contributed by atoms with Gasteiger partial charge in [0.05, 0.1) is 25.8 Å². The maximum Gasteiger partial charge on any atom is 0.338 e. The number of hydrogen-bond donors (Lipinski definition) is 1. The number of nitrogens with zero attached hydrogens (tertiary/aromatic N) is 6. The van der Waals surface area contributed by atoms with Crippen LogP contribution in [0, 0.1) is 11.7 Å². The first-order valence-corrected chi connectivity index (χ1v) is 17.0. The highest BCUT2D eigenvalue weighted by atomic mass is 35.5. The summed E-state index contributed by atoms with van der Waals surface area (Å²) in [6, 6.07) is 2.64. The van der Waals surface area contributed by atoms with E-state index in [1.807, 2.05) is 15.2 Å². The van der Waals surface area contributed by atoms with E-state index in [-0.39, 0.29) is 40.7 Å². The van der Waals surface area contributed by atoms with Gasteiger partial charge in [-0.25, -0.2) is 19.0 Å². The molecule has 0 aliphatic carbocycles. The Morgan fingerprint density at radius 3 is 2.62 bits per heavy atom. The van der Waals surface area contributed by atoms with Crippen molar-refractivity contribution in [2.75, 3.05) is 60.0 Å². The number of aromatic nitrogens is 1. The second-order valence-electron chi connectivity index (χ2n) is 12.7. The summed E-state index contributed by atoms with van der Waals surface area (Å²) in [5.74, 6) is -0.495. The Bertz CT molecular complexity index is 1590. The Hall–Kier alpha value is -3.59. The Kier molecular flexibility index (Phi) is 9.83. The molecule has 4 atom stereocenters. The largest absolute Gasteiger partial charge is 0.468 e. The molecule has 6 rings (SSSR count). The number of esters is 2. The van der Waals surface area contributed by atoms with Crippen molar-refractivity contribution in [1.29, 1.82) is 0 Å². The topological polar surface area (TPSA) is 120 Å². The molecule has 3 saturated heterocycles. The van der Waals surface area contributed by atoms with Gasteiger partial charge in [0.2, 0.25) is 0 Å². The average molecular weight is 688 g/mol. The number of piperazine rings is 1. The van der Waals surface area contributed by atoms with Crippen LogP contribution < -0.4 is 5.32 Å². The summed E-state index contributed by atoms with van der Waals surface area (Å²) in [7, 11) is 2.72. The number of rotatable bonds is 9.